The molecule has 4 heteroatoms. The summed E-state index contributed by atoms with van der Waals surface area (Å²) in [5.41, 5.74) is 2.86. The monoisotopic (exact) mass is 258 g/mol. The van der Waals surface area contributed by atoms with Crippen molar-refractivity contribution in [1.29, 1.82) is 0 Å². The Labute approximate surface area is 111 Å². The third kappa shape index (κ3) is 3.40. The Morgan fingerprint density at radius 1 is 1.17 bits per heavy atom. The fourth-order valence-electron chi connectivity index (χ4n) is 1.49. The Morgan fingerprint density at radius 3 is 2.56 bits per heavy atom. The van der Waals surface area contributed by atoms with Gasteiger partial charge in [0.05, 0.1) is 5.75 Å². The van der Waals surface area contributed by atoms with Gasteiger partial charge in [-0.2, -0.15) is 0 Å². The van der Waals surface area contributed by atoms with E-state index < -0.39 is 0 Å². The molecule has 0 bridgehead atoms. The predicted octanol–water partition coefficient (Wildman–Crippen LogP) is 3.07. The second-order valence-corrected chi connectivity index (χ2v) is 5.07. The SMILES string of the molecule is Cc1cnc(SCC(=O)c2cccc(C)c2)nc1. The number of ketones is 1. The number of carbonyl (C=O) groups is 1. The molecule has 1 heterocycles. The van der Waals surface area contributed by atoms with Crippen LogP contribution >= 0.6 is 11.8 Å². The van der Waals surface area contributed by atoms with Crippen LogP contribution in [0.2, 0.25) is 0 Å². The van der Waals surface area contributed by atoms with Gasteiger partial charge in [0, 0.05) is 18.0 Å². The van der Waals surface area contributed by atoms with Crippen molar-refractivity contribution in [1.82, 2.24) is 9.97 Å². The highest BCUT2D eigenvalue weighted by molar-refractivity contribution is 7.99. The minimum atomic E-state index is 0.105. The number of aryl methyl sites for hydroxylation is 2. The first-order valence-electron chi connectivity index (χ1n) is 5.66. The molecule has 0 amide bonds. The van der Waals surface area contributed by atoms with Gasteiger partial charge in [0.25, 0.3) is 0 Å². The molecule has 0 aliphatic rings. The standard InChI is InChI=1S/C14H14N2OS/c1-10-4-3-5-12(6-10)13(17)9-18-14-15-7-11(2)8-16-14/h3-8H,9H2,1-2H3. The lowest BCUT2D eigenvalue weighted by Gasteiger charge is -2.02. The highest BCUT2D eigenvalue weighted by Gasteiger charge is 2.07. The molecule has 0 aliphatic carbocycles. The number of nitrogens with zero attached hydrogens (tertiary/aromatic N) is 2. The number of aromatic nitrogens is 2. The van der Waals surface area contributed by atoms with Crippen molar-refractivity contribution in [3.63, 3.8) is 0 Å². The molecule has 1 aromatic heterocycles. The Balaban J connectivity index is 1.98. The minimum absolute atomic E-state index is 0.105. The number of thioether (sulfide) groups is 1. The Hall–Kier alpha value is -1.68. The smallest absolute Gasteiger partial charge is 0.187 e. The summed E-state index contributed by atoms with van der Waals surface area (Å²) in [5, 5.41) is 0.640. The van der Waals surface area contributed by atoms with E-state index >= 15 is 0 Å². The zero-order valence-electron chi connectivity index (χ0n) is 10.4. The first-order valence-corrected chi connectivity index (χ1v) is 6.65. The van der Waals surface area contributed by atoms with Gasteiger partial charge in [-0.3, -0.25) is 4.79 Å². The molecule has 92 valence electrons. The van der Waals surface area contributed by atoms with Crippen LogP contribution in [0.15, 0.2) is 41.8 Å². The van der Waals surface area contributed by atoms with E-state index in [-0.39, 0.29) is 5.78 Å². The van der Waals surface area contributed by atoms with Gasteiger partial charge >= 0.3 is 0 Å². The Morgan fingerprint density at radius 2 is 1.89 bits per heavy atom. The lowest BCUT2D eigenvalue weighted by molar-refractivity contribution is 0.102. The molecule has 0 radical (unpaired) electrons. The van der Waals surface area contributed by atoms with Crippen LogP contribution in [0.4, 0.5) is 0 Å². The molecule has 0 aliphatic heterocycles. The molecule has 2 rings (SSSR count). The van der Waals surface area contributed by atoms with Gasteiger partial charge in [-0.25, -0.2) is 9.97 Å². The van der Waals surface area contributed by atoms with E-state index in [1.54, 1.807) is 12.4 Å². The molecule has 18 heavy (non-hydrogen) atoms. The summed E-state index contributed by atoms with van der Waals surface area (Å²) >= 11 is 1.37. The molecular weight excluding hydrogens is 244 g/mol. The lowest BCUT2D eigenvalue weighted by atomic mass is 10.1. The molecule has 0 N–H and O–H groups in total. The number of carbonyl (C=O) groups excluding carboxylic acids is 1. The van der Waals surface area contributed by atoms with E-state index in [0.29, 0.717) is 10.9 Å². The second kappa shape index (κ2) is 5.78. The summed E-state index contributed by atoms with van der Waals surface area (Å²) in [4.78, 5) is 20.3. The first kappa shape index (κ1) is 12.8. The maximum absolute atomic E-state index is 12.0. The quantitative estimate of drug-likeness (QED) is 0.480. The topological polar surface area (TPSA) is 42.9 Å². The average Bonchev–Trinajstić information content (AvgIpc) is 2.38. The van der Waals surface area contributed by atoms with Crippen LogP contribution in [-0.2, 0) is 0 Å². The first-order chi connectivity index (χ1) is 8.65. The van der Waals surface area contributed by atoms with Crippen molar-refractivity contribution in [2.24, 2.45) is 0 Å². The summed E-state index contributed by atoms with van der Waals surface area (Å²) in [6.07, 6.45) is 3.51. The van der Waals surface area contributed by atoms with Gasteiger partial charge in [0.1, 0.15) is 0 Å². The predicted molar refractivity (Wildman–Crippen MR) is 73.0 cm³/mol. The number of Topliss-reactive ketones (excluding diaryl/α,β-unsaturated/α-hetero) is 1. The molecule has 0 fully saturated rings. The summed E-state index contributed by atoms with van der Waals surface area (Å²) in [5.74, 6) is 0.472. The van der Waals surface area contributed by atoms with Crippen molar-refractivity contribution in [3.8, 4) is 0 Å². The highest BCUT2D eigenvalue weighted by atomic mass is 32.2. The van der Waals surface area contributed by atoms with Crippen LogP contribution in [-0.4, -0.2) is 21.5 Å². The van der Waals surface area contributed by atoms with Crippen molar-refractivity contribution >= 4 is 17.5 Å². The molecule has 0 saturated carbocycles. The third-order valence-electron chi connectivity index (χ3n) is 2.43. The summed E-state index contributed by atoms with van der Waals surface area (Å²) in [7, 11) is 0. The van der Waals surface area contributed by atoms with Crippen LogP contribution in [0.25, 0.3) is 0 Å². The minimum Gasteiger partial charge on any atom is -0.293 e. The number of hydrogen-bond donors (Lipinski definition) is 0. The molecule has 1 aromatic carbocycles. The maximum Gasteiger partial charge on any atom is 0.187 e. The molecule has 0 saturated heterocycles. The van der Waals surface area contributed by atoms with Gasteiger partial charge in [-0.15, -0.1) is 0 Å². The van der Waals surface area contributed by atoms with Crippen molar-refractivity contribution < 1.29 is 4.79 Å². The van der Waals surface area contributed by atoms with Crippen LogP contribution in [0.5, 0.6) is 0 Å². The Kier molecular flexibility index (Phi) is 4.10. The average molecular weight is 258 g/mol. The summed E-state index contributed by atoms with van der Waals surface area (Å²) in [6, 6.07) is 7.62. The molecule has 2 aromatic rings. The zero-order valence-corrected chi connectivity index (χ0v) is 11.2. The summed E-state index contributed by atoms with van der Waals surface area (Å²) in [6.45, 7) is 3.92. The Bertz CT molecular complexity index is 552. The normalized spacial score (nSPS) is 10.3. The number of rotatable bonds is 4. The van der Waals surface area contributed by atoms with Crippen molar-refractivity contribution in [3.05, 3.63) is 53.3 Å². The summed E-state index contributed by atoms with van der Waals surface area (Å²) < 4.78 is 0. The van der Waals surface area contributed by atoms with Gasteiger partial charge in [-0.1, -0.05) is 35.5 Å². The van der Waals surface area contributed by atoms with E-state index in [4.69, 9.17) is 0 Å². The highest BCUT2D eigenvalue weighted by Crippen LogP contribution is 2.15. The van der Waals surface area contributed by atoms with E-state index in [0.717, 1.165) is 16.7 Å². The van der Waals surface area contributed by atoms with E-state index in [1.807, 2.05) is 38.1 Å². The van der Waals surface area contributed by atoms with E-state index in [1.165, 1.54) is 11.8 Å². The van der Waals surface area contributed by atoms with Crippen molar-refractivity contribution in [2.45, 2.75) is 19.0 Å². The van der Waals surface area contributed by atoms with E-state index in [2.05, 4.69) is 9.97 Å². The van der Waals surface area contributed by atoms with Gasteiger partial charge in [-0.05, 0) is 25.5 Å². The third-order valence-corrected chi connectivity index (χ3v) is 3.31. The number of benzene rings is 1. The van der Waals surface area contributed by atoms with Crippen LogP contribution in [0, 0.1) is 13.8 Å². The van der Waals surface area contributed by atoms with Gasteiger partial charge in [0.15, 0.2) is 10.9 Å². The van der Waals surface area contributed by atoms with Crippen LogP contribution < -0.4 is 0 Å². The molecule has 3 nitrogen and oxygen atoms in total. The lowest BCUT2D eigenvalue weighted by Crippen LogP contribution is -2.03. The number of hydrogen-bond acceptors (Lipinski definition) is 4. The maximum atomic E-state index is 12.0. The largest absolute Gasteiger partial charge is 0.293 e. The second-order valence-electron chi connectivity index (χ2n) is 4.12. The molecular formula is C14H14N2OS. The van der Waals surface area contributed by atoms with E-state index in [9.17, 15) is 4.79 Å². The fourth-order valence-corrected chi connectivity index (χ4v) is 2.17. The fraction of sp³-hybridized carbons (Fsp3) is 0.214. The van der Waals surface area contributed by atoms with Crippen molar-refractivity contribution in [2.75, 3.05) is 5.75 Å². The van der Waals surface area contributed by atoms with Crippen LogP contribution in [0.1, 0.15) is 21.5 Å². The molecule has 0 atom stereocenters. The van der Waals surface area contributed by atoms with Crippen LogP contribution in [0.3, 0.4) is 0 Å². The van der Waals surface area contributed by atoms with Gasteiger partial charge in [0.2, 0.25) is 0 Å². The zero-order chi connectivity index (χ0) is 13.0. The molecule has 0 unspecified atom stereocenters. The van der Waals surface area contributed by atoms with Gasteiger partial charge < -0.3 is 0 Å². The molecule has 0 spiro atoms.